The molecule has 0 fully saturated rings. The fraction of sp³-hybridized carbons (Fsp3) is 0.389. The third-order valence-corrected chi connectivity index (χ3v) is 3.87. The van der Waals surface area contributed by atoms with Crippen LogP contribution in [0.1, 0.15) is 48.0 Å². The van der Waals surface area contributed by atoms with Gasteiger partial charge in [0.2, 0.25) is 0 Å². The molecule has 0 atom stereocenters. The van der Waals surface area contributed by atoms with Gasteiger partial charge in [0.15, 0.2) is 5.69 Å². The van der Waals surface area contributed by atoms with Crippen LogP contribution >= 0.6 is 0 Å². The van der Waals surface area contributed by atoms with Gasteiger partial charge in [-0.3, -0.25) is 0 Å². The molecule has 2 aromatic rings. The van der Waals surface area contributed by atoms with Crippen LogP contribution in [0.3, 0.4) is 0 Å². The maximum absolute atomic E-state index is 11.2. The van der Waals surface area contributed by atoms with Gasteiger partial charge in [0, 0.05) is 12.1 Å². The molecule has 24 heavy (non-hydrogen) atoms. The number of nitrogens with one attached hydrogen (secondary N) is 1. The Morgan fingerprint density at radius 2 is 1.83 bits per heavy atom. The molecule has 1 aromatic carbocycles. The average Bonchev–Trinajstić information content (AvgIpc) is 2.52. The summed E-state index contributed by atoms with van der Waals surface area (Å²) in [6.07, 6.45) is 0. The molecule has 6 heteroatoms. The molecule has 0 saturated carbocycles. The van der Waals surface area contributed by atoms with E-state index in [1.54, 1.807) is 6.92 Å². The fourth-order valence-electron chi connectivity index (χ4n) is 2.37. The predicted octanol–water partition coefficient (Wildman–Crippen LogP) is 3.40. The van der Waals surface area contributed by atoms with Crippen LogP contribution in [0.5, 0.6) is 5.88 Å². The van der Waals surface area contributed by atoms with Crippen molar-refractivity contribution in [2.45, 2.75) is 39.7 Å². The summed E-state index contributed by atoms with van der Waals surface area (Å²) in [5.74, 6) is -0.830. The summed E-state index contributed by atoms with van der Waals surface area (Å²) in [6.45, 7) is 8.73. The Hall–Kier alpha value is -2.63. The van der Waals surface area contributed by atoms with Gasteiger partial charge < -0.3 is 15.2 Å². The van der Waals surface area contributed by atoms with Gasteiger partial charge in [0.05, 0.1) is 7.11 Å². The molecule has 1 heterocycles. The number of hydrogen-bond donors (Lipinski definition) is 2. The number of aromatic carboxylic acids is 1. The Morgan fingerprint density at radius 1 is 1.21 bits per heavy atom. The molecule has 0 spiro atoms. The van der Waals surface area contributed by atoms with Crippen molar-refractivity contribution in [3.63, 3.8) is 0 Å². The van der Waals surface area contributed by atoms with E-state index in [0.717, 1.165) is 5.56 Å². The van der Waals surface area contributed by atoms with E-state index in [1.165, 1.54) is 12.7 Å². The first-order valence-electron chi connectivity index (χ1n) is 7.72. The molecule has 2 N–H and O–H groups in total. The van der Waals surface area contributed by atoms with Gasteiger partial charge in [0.25, 0.3) is 5.88 Å². The molecule has 0 bridgehead atoms. The van der Waals surface area contributed by atoms with Gasteiger partial charge in [0.1, 0.15) is 5.69 Å². The van der Waals surface area contributed by atoms with E-state index in [4.69, 9.17) is 4.74 Å². The molecule has 0 amide bonds. The lowest BCUT2D eigenvalue weighted by molar-refractivity contribution is 0.0688. The SMILES string of the molecule is COc1nnc(C(=O)O)c(C)c1NCc1ccc(C(C)(C)C)cc1. The highest BCUT2D eigenvalue weighted by Gasteiger charge is 2.18. The van der Waals surface area contributed by atoms with Gasteiger partial charge in [-0.25, -0.2) is 4.79 Å². The summed E-state index contributed by atoms with van der Waals surface area (Å²) in [7, 11) is 1.48. The van der Waals surface area contributed by atoms with Crippen molar-refractivity contribution in [2.24, 2.45) is 0 Å². The third-order valence-electron chi connectivity index (χ3n) is 3.87. The Balaban J connectivity index is 2.22. The summed E-state index contributed by atoms with van der Waals surface area (Å²) >= 11 is 0. The summed E-state index contributed by atoms with van der Waals surface area (Å²) in [6, 6.07) is 8.33. The third kappa shape index (κ3) is 3.82. The highest BCUT2D eigenvalue weighted by Crippen LogP contribution is 2.28. The number of rotatable bonds is 5. The Bertz CT molecular complexity index is 734. The van der Waals surface area contributed by atoms with Crippen molar-refractivity contribution in [3.05, 3.63) is 46.6 Å². The maximum atomic E-state index is 11.2. The summed E-state index contributed by atoms with van der Waals surface area (Å²) in [4.78, 5) is 11.2. The number of benzene rings is 1. The first-order chi connectivity index (χ1) is 11.2. The van der Waals surface area contributed by atoms with E-state index in [0.29, 0.717) is 17.8 Å². The van der Waals surface area contributed by atoms with Crippen LogP contribution in [-0.2, 0) is 12.0 Å². The summed E-state index contributed by atoms with van der Waals surface area (Å²) < 4.78 is 5.18. The normalized spacial score (nSPS) is 11.2. The lowest BCUT2D eigenvalue weighted by Crippen LogP contribution is -2.12. The van der Waals surface area contributed by atoms with Crippen molar-refractivity contribution in [2.75, 3.05) is 12.4 Å². The number of carboxylic acid groups (broad SMARTS) is 1. The minimum Gasteiger partial charge on any atom is -0.478 e. The zero-order valence-corrected chi connectivity index (χ0v) is 14.7. The summed E-state index contributed by atoms with van der Waals surface area (Å²) in [5, 5.41) is 19.9. The average molecular weight is 329 g/mol. The predicted molar refractivity (Wildman–Crippen MR) is 92.7 cm³/mol. The molecule has 1 aromatic heterocycles. The molecule has 0 radical (unpaired) electrons. The van der Waals surface area contributed by atoms with Crippen LogP contribution in [0.4, 0.5) is 5.69 Å². The number of ether oxygens (including phenoxy) is 1. The largest absolute Gasteiger partial charge is 0.478 e. The molecule has 128 valence electrons. The first-order valence-corrected chi connectivity index (χ1v) is 7.72. The molecule has 0 aliphatic carbocycles. The van der Waals surface area contributed by atoms with Crippen molar-refractivity contribution < 1.29 is 14.6 Å². The van der Waals surface area contributed by atoms with Crippen LogP contribution in [0, 0.1) is 6.92 Å². The number of hydrogen-bond acceptors (Lipinski definition) is 5. The van der Waals surface area contributed by atoms with Gasteiger partial charge in [-0.05, 0) is 23.5 Å². The molecule has 0 aliphatic rings. The molecular weight excluding hydrogens is 306 g/mol. The number of anilines is 1. The van der Waals surface area contributed by atoms with Crippen molar-refractivity contribution in [1.29, 1.82) is 0 Å². The van der Waals surface area contributed by atoms with Crippen LogP contribution in [0.2, 0.25) is 0 Å². The Morgan fingerprint density at radius 3 is 2.33 bits per heavy atom. The lowest BCUT2D eigenvalue weighted by atomic mass is 9.87. The Kier molecular flexibility index (Phi) is 5.07. The fourth-order valence-corrected chi connectivity index (χ4v) is 2.37. The molecule has 0 aliphatic heterocycles. The van der Waals surface area contributed by atoms with Gasteiger partial charge in [-0.2, -0.15) is 0 Å². The van der Waals surface area contributed by atoms with E-state index in [2.05, 4.69) is 60.6 Å². The summed E-state index contributed by atoms with van der Waals surface area (Å²) in [5.41, 5.74) is 3.42. The number of carboxylic acids is 1. The highest BCUT2D eigenvalue weighted by molar-refractivity contribution is 5.89. The molecule has 2 rings (SSSR count). The van der Waals surface area contributed by atoms with Crippen LogP contribution < -0.4 is 10.1 Å². The Labute approximate surface area is 141 Å². The number of carbonyl (C=O) groups is 1. The molecule has 6 nitrogen and oxygen atoms in total. The first kappa shape index (κ1) is 17.7. The van der Waals surface area contributed by atoms with Crippen molar-refractivity contribution in [1.82, 2.24) is 10.2 Å². The smallest absolute Gasteiger partial charge is 0.356 e. The monoisotopic (exact) mass is 329 g/mol. The van der Waals surface area contributed by atoms with E-state index in [1.807, 2.05) is 0 Å². The number of aromatic nitrogens is 2. The van der Waals surface area contributed by atoms with Gasteiger partial charge in [-0.1, -0.05) is 45.0 Å². The van der Waals surface area contributed by atoms with E-state index in [9.17, 15) is 9.90 Å². The van der Waals surface area contributed by atoms with Crippen LogP contribution in [-0.4, -0.2) is 28.4 Å². The minimum absolute atomic E-state index is 0.0821. The van der Waals surface area contributed by atoms with Crippen LogP contribution in [0.25, 0.3) is 0 Å². The molecule has 0 saturated heterocycles. The highest BCUT2D eigenvalue weighted by atomic mass is 16.5. The topological polar surface area (TPSA) is 84.3 Å². The second-order valence-corrected chi connectivity index (χ2v) is 6.66. The van der Waals surface area contributed by atoms with E-state index in [-0.39, 0.29) is 17.0 Å². The number of methoxy groups -OCH3 is 1. The molecular formula is C18H23N3O3. The van der Waals surface area contributed by atoms with Crippen molar-refractivity contribution in [3.8, 4) is 5.88 Å². The van der Waals surface area contributed by atoms with Gasteiger partial charge in [-0.15, -0.1) is 10.2 Å². The van der Waals surface area contributed by atoms with E-state index >= 15 is 0 Å². The maximum Gasteiger partial charge on any atom is 0.356 e. The van der Waals surface area contributed by atoms with Gasteiger partial charge >= 0.3 is 5.97 Å². The molecule has 0 unspecified atom stereocenters. The van der Waals surface area contributed by atoms with Crippen LogP contribution in [0.15, 0.2) is 24.3 Å². The second-order valence-electron chi connectivity index (χ2n) is 6.66. The van der Waals surface area contributed by atoms with Crippen molar-refractivity contribution >= 4 is 11.7 Å². The minimum atomic E-state index is -1.11. The quantitative estimate of drug-likeness (QED) is 0.874. The zero-order chi connectivity index (χ0) is 17.9. The lowest BCUT2D eigenvalue weighted by Gasteiger charge is -2.19. The zero-order valence-electron chi connectivity index (χ0n) is 14.7. The number of nitrogens with zero attached hydrogens (tertiary/aromatic N) is 2. The van der Waals surface area contributed by atoms with E-state index < -0.39 is 5.97 Å². The standard InChI is InChI=1S/C18H23N3O3/c1-11-14(16(24-5)21-20-15(11)17(22)23)19-10-12-6-8-13(9-7-12)18(2,3)4/h6-9H,10H2,1-5H3,(H,19,20)(H,22,23). The second kappa shape index (κ2) is 6.86.